The molecule has 1 N–H and O–H groups in total. The van der Waals surface area contributed by atoms with Crippen molar-refractivity contribution in [2.75, 3.05) is 13.1 Å². The van der Waals surface area contributed by atoms with Crippen molar-refractivity contribution in [1.82, 2.24) is 19.0 Å². The number of aryl methyl sites for hydroxylation is 2. The van der Waals surface area contributed by atoms with Crippen LogP contribution in [0.5, 0.6) is 0 Å². The van der Waals surface area contributed by atoms with Crippen LogP contribution in [0.4, 0.5) is 0 Å². The molecule has 1 fully saturated rings. The summed E-state index contributed by atoms with van der Waals surface area (Å²) >= 11 is 6.32. The molecule has 204 valence electrons. The third kappa shape index (κ3) is 4.77. The lowest BCUT2D eigenvalue weighted by molar-refractivity contribution is 0.117. The van der Waals surface area contributed by atoms with Crippen molar-refractivity contribution in [2.45, 2.75) is 31.4 Å². The molecule has 2 aromatic heterocycles. The Balaban J connectivity index is 1.50. The number of aliphatic hydroxyl groups is 1. The highest BCUT2D eigenvalue weighted by Crippen LogP contribution is 2.39. The number of hydrogen-bond donors (Lipinski definition) is 1. The first-order valence-corrected chi connectivity index (χ1v) is 14.1. The number of likely N-dealkylation sites (tertiary alicyclic amines) is 1. The maximum absolute atomic E-state index is 12.9. The van der Waals surface area contributed by atoms with E-state index in [0.717, 1.165) is 47.2 Å². The van der Waals surface area contributed by atoms with Crippen molar-refractivity contribution in [3.05, 3.63) is 123 Å². The number of piperidine rings is 1. The topological polar surface area (TPSA) is 63.3 Å². The molecule has 6 nitrogen and oxygen atoms in total. The van der Waals surface area contributed by atoms with Gasteiger partial charge in [0.25, 0.3) is 5.56 Å². The third-order valence-corrected chi connectivity index (χ3v) is 8.45. The highest BCUT2D eigenvalue weighted by Gasteiger charge is 2.37. The van der Waals surface area contributed by atoms with Gasteiger partial charge in [0.05, 0.1) is 23.7 Å². The summed E-state index contributed by atoms with van der Waals surface area (Å²) in [5.74, 6) is 0. The number of nitrogens with zero attached hydrogens (tertiary/aromatic N) is 4. The summed E-state index contributed by atoms with van der Waals surface area (Å²) in [6.45, 7) is 3.18. The van der Waals surface area contributed by atoms with Gasteiger partial charge in [-0.3, -0.25) is 9.69 Å². The molecular weight excluding hydrogens is 520 g/mol. The fraction of sp³-hybridized carbons (Fsp3) is 0.273. The van der Waals surface area contributed by atoms with Crippen molar-refractivity contribution in [3.8, 4) is 11.1 Å². The Hall–Kier alpha value is -3.71. The molecule has 1 atom stereocenters. The highest BCUT2D eigenvalue weighted by atomic mass is 35.5. The zero-order chi connectivity index (χ0) is 27.9. The smallest absolute Gasteiger partial charge is 0.251 e. The molecule has 0 aliphatic carbocycles. The minimum absolute atomic E-state index is 0.110. The first kappa shape index (κ1) is 26.5. The molecular formula is C33H33ClN4O2. The average molecular weight is 553 g/mol. The number of fused-ring (bicyclic) bond motifs is 1. The van der Waals surface area contributed by atoms with Gasteiger partial charge in [-0.1, -0.05) is 60.5 Å². The summed E-state index contributed by atoms with van der Waals surface area (Å²) < 4.78 is 3.48. The van der Waals surface area contributed by atoms with Crippen molar-refractivity contribution in [1.29, 1.82) is 0 Å². The van der Waals surface area contributed by atoms with E-state index in [-0.39, 0.29) is 5.56 Å². The van der Waals surface area contributed by atoms with E-state index in [1.54, 1.807) is 30.2 Å². The van der Waals surface area contributed by atoms with Crippen LogP contribution >= 0.6 is 11.6 Å². The molecule has 3 aromatic carbocycles. The van der Waals surface area contributed by atoms with E-state index in [9.17, 15) is 9.90 Å². The van der Waals surface area contributed by atoms with Gasteiger partial charge in [-0.25, -0.2) is 4.98 Å². The van der Waals surface area contributed by atoms with E-state index in [2.05, 4.69) is 22.0 Å². The molecule has 6 rings (SSSR count). The van der Waals surface area contributed by atoms with Gasteiger partial charge < -0.3 is 14.2 Å². The Morgan fingerprint density at radius 2 is 1.68 bits per heavy atom. The van der Waals surface area contributed by atoms with E-state index in [0.29, 0.717) is 16.3 Å². The molecule has 1 saturated heterocycles. The van der Waals surface area contributed by atoms with Crippen molar-refractivity contribution < 1.29 is 5.11 Å². The minimum Gasteiger partial charge on any atom is -0.374 e. The van der Waals surface area contributed by atoms with E-state index in [1.165, 1.54) is 24.8 Å². The van der Waals surface area contributed by atoms with Crippen molar-refractivity contribution >= 4 is 22.5 Å². The summed E-state index contributed by atoms with van der Waals surface area (Å²) in [5, 5.41) is 14.1. The third-order valence-electron chi connectivity index (χ3n) is 8.21. The standard InChI is InChI=1S/C33H33ClN4O2/c1-36-22-35-20-31(36)33(40,25-11-9-23(10-12-25)21-38-15-4-3-5-16-38)26-13-14-30-29(18-26)28(19-32(39)37(30)2)24-7-6-8-27(34)17-24/h6-14,17-20,22,40H,3-5,15-16,21H2,1-2H3. The molecule has 1 aliphatic heterocycles. The molecule has 0 radical (unpaired) electrons. The first-order valence-electron chi connectivity index (χ1n) is 13.8. The van der Waals surface area contributed by atoms with E-state index in [1.807, 2.05) is 66.2 Å². The molecule has 1 aliphatic rings. The van der Waals surface area contributed by atoms with Gasteiger partial charge in [0.15, 0.2) is 5.60 Å². The second-order valence-electron chi connectivity index (χ2n) is 10.8. The fourth-order valence-electron chi connectivity index (χ4n) is 5.98. The van der Waals surface area contributed by atoms with Gasteiger partial charge in [0, 0.05) is 37.1 Å². The van der Waals surface area contributed by atoms with Crippen LogP contribution < -0.4 is 5.56 Å². The van der Waals surface area contributed by atoms with Crippen LogP contribution in [-0.4, -0.2) is 37.2 Å². The number of pyridine rings is 1. The molecule has 0 saturated carbocycles. The van der Waals surface area contributed by atoms with Crippen molar-refractivity contribution in [3.63, 3.8) is 0 Å². The van der Waals surface area contributed by atoms with Crippen LogP contribution in [0, 0.1) is 0 Å². The summed E-state index contributed by atoms with van der Waals surface area (Å²) in [4.78, 5) is 19.7. The lowest BCUT2D eigenvalue weighted by atomic mass is 9.82. The maximum Gasteiger partial charge on any atom is 0.251 e. The second-order valence-corrected chi connectivity index (χ2v) is 11.3. The summed E-state index contributed by atoms with van der Waals surface area (Å²) in [5.41, 5.74) is 4.14. The van der Waals surface area contributed by atoms with Crippen LogP contribution in [0.25, 0.3) is 22.0 Å². The van der Waals surface area contributed by atoms with Crippen LogP contribution in [0.3, 0.4) is 0 Å². The first-order chi connectivity index (χ1) is 19.3. The van der Waals surface area contributed by atoms with Gasteiger partial charge in [0.2, 0.25) is 0 Å². The zero-order valence-electron chi connectivity index (χ0n) is 22.8. The molecule has 1 unspecified atom stereocenters. The Morgan fingerprint density at radius 1 is 0.925 bits per heavy atom. The SMILES string of the molecule is Cn1cncc1C(O)(c1ccc(CN2CCCCC2)cc1)c1ccc2c(c1)c(-c1cccc(Cl)c1)cc(=O)n2C. The Bertz CT molecular complexity index is 1730. The lowest BCUT2D eigenvalue weighted by Gasteiger charge is -2.31. The van der Waals surface area contributed by atoms with Crippen LogP contribution in [0.15, 0.2) is 90.1 Å². The number of aromatic nitrogens is 3. The number of benzene rings is 3. The predicted octanol–water partition coefficient (Wildman–Crippen LogP) is 5.86. The average Bonchev–Trinajstić information content (AvgIpc) is 3.41. The number of imidazole rings is 1. The van der Waals surface area contributed by atoms with Gasteiger partial charge in [-0.15, -0.1) is 0 Å². The molecule has 3 heterocycles. The van der Waals surface area contributed by atoms with E-state index in [4.69, 9.17) is 11.6 Å². The molecule has 0 amide bonds. The Kier molecular flexibility index (Phi) is 7.09. The fourth-order valence-corrected chi connectivity index (χ4v) is 6.17. The van der Waals surface area contributed by atoms with Gasteiger partial charge in [-0.2, -0.15) is 0 Å². The summed E-state index contributed by atoms with van der Waals surface area (Å²) in [7, 11) is 3.65. The minimum atomic E-state index is -1.47. The summed E-state index contributed by atoms with van der Waals surface area (Å²) in [6, 6.07) is 23.2. The highest BCUT2D eigenvalue weighted by molar-refractivity contribution is 6.30. The van der Waals surface area contributed by atoms with Gasteiger partial charge >= 0.3 is 0 Å². The lowest BCUT2D eigenvalue weighted by Crippen LogP contribution is -2.31. The Labute approximate surface area is 239 Å². The predicted molar refractivity (Wildman–Crippen MR) is 161 cm³/mol. The maximum atomic E-state index is 12.9. The monoisotopic (exact) mass is 552 g/mol. The van der Waals surface area contributed by atoms with E-state index >= 15 is 0 Å². The largest absolute Gasteiger partial charge is 0.374 e. The quantitative estimate of drug-likeness (QED) is 0.286. The molecule has 40 heavy (non-hydrogen) atoms. The van der Waals surface area contributed by atoms with Crippen molar-refractivity contribution in [2.24, 2.45) is 14.1 Å². The number of hydrogen-bond acceptors (Lipinski definition) is 4. The van der Waals surface area contributed by atoms with Gasteiger partial charge in [-0.05, 0) is 78.0 Å². The molecule has 5 aromatic rings. The second kappa shape index (κ2) is 10.7. The summed E-state index contributed by atoms with van der Waals surface area (Å²) in [6.07, 6.45) is 7.23. The van der Waals surface area contributed by atoms with Crippen LogP contribution in [-0.2, 0) is 26.2 Å². The van der Waals surface area contributed by atoms with E-state index < -0.39 is 5.60 Å². The normalized spacial score (nSPS) is 15.8. The molecule has 0 bridgehead atoms. The molecule has 7 heteroatoms. The van der Waals surface area contributed by atoms with Gasteiger partial charge in [0.1, 0.15) is 0 Å². The van der Waals surface area contributed by atoms with Crippen LogP contribution in [0.2, 0.25) is 5.02 Å². The number of rotatable bonds is 6. The van der Waals surface area contributed by atoms with Crippen LogP contribution in [0.1, 0.15) is 41.6 Å². The Morgan fingerprint density at radius 3 is 2.38 bits per heavy atom. The zero-order valence-corrected chi connectivity index (χ0v) is 23.6. The molecule has 0 spiro atoms. The number of halogens is 1.